The van der Waals surface area contributed by atoms with Crippen molar-refractivity contribution < 1.29 is 51.7 Å². The van der Waals surface area contributed by atoms with Gasteiger partial charge in [0.1, 0.15) is 17.7 Å². The Morgan fingerprint density at radius 3 is 2.18 bits per heavy atom. The van der Waals surface area contributed by atoms with E-state index in [0.717, 1.165) is 25.7 Å². The summed E-state index contributed by atoms with van der Waals surface area (Å²) in [6, 6.07) is -3.49. The summed E-state index contributed by atoms with van der Waals surface area (Å²) in [6.45, 7) is 5.53. The lowest BCUT2D eigenvalue weighted by atomic mass is 9.81. The first kappa shape index (κ1) is 35.5. The van der Waals surface area contributed by atoms with Gasteiger partial charge in [0.15, 0.2) is 5.78 Å². The molecule has 0 aromatic rings. The van der Waals surface area contributed by atoms with Crippen molar-refractivity contribution in [3.05, 3.63) is 0 Å². The van der Waals surface area contributed by atoms with Crippen molar-refractivity contribution in [1.82, 2.24) is 20.9 Å². The fourth-order valence-corrected chi connectivity index (χ4v) is 6.60. The number of ketones is 1. The van der Waals surface area contributed by atoms with Crippen LogP contribution in [0.3, 0.4) is 0 Å². The zero-order valence-corrected chi connectivity index (χ0v) is 26.0. The van der Waals surface area contributed by atoms with Crippen molar-refractivity contribution in [2.24, 2.45) is 11.8 Å². The number of ether oxygens (including phenoxy) is 3. The highest BCUT2D eigenvalue weighted by molar-refractivity contribution is 5.98. The molecular formula is C30H47F3N4O8. The smallest absolute Gasteiger partial charge is 0.390 e. The van der Waals surface area contributed by atoms with Gasteiger partial charge in [0, 0.05) is 13.1 Å². The van der Waals surface area contributed by atoms with E-state index in [4.69, 9.17) is 9.47 Å². The van der Waals surface area contributed by atoms with Gasteiger partial charge in [0.25, 0.3) is 0 Å². The van der Waals surface area contributed by atoms with E-state index in [1.165, 1.54) is 6.92 Å². The van der Waals surface area contributed by atoms with Gasteiger partial charge < -0.3 is 30.5 Å². The number of amides is 3. The third-order valence-electron chi connectivity index (χ3n) is 9.44. The number of hydrogen-bond donors (Lipinski definition) is 4. The topological polar surface area (TPSA) is 159 Å². The summed E-state index contributed by atoms with van der Waals surface area (Å²) >= 11 is 0. The maximum absolute atomic E-state index is 13.8. The van der Waals surface area contributed by atoms with Crippen molar-refractivity contribution >= 4 is 23.5 Å². The van der Waals surface area contributed by atoms with Crippen molar-refractivity contribution in [3.8, 4) is 0 Å². The van der Waals surface area contributed by atoms with Crippen LogP contribution in [-0.4, -0.2) is 115 Å². The molecule has 2 aliphatic carbocycles. The minimum Gasteiger partial charge on any atom is -0.390 e. The Morgan fingerprint density at radius 1 is 0.978 bits per heavy atom. The van der Waals surface area contributed by atoms with Crippen LogP contribution in [-0.2, 0) is 33.4 Å². The molecule has 12 nitrogen and oxygen atoms in total. The number of carbonyl (C=O) groups excluding carboxylic acids is 4. The molecule has 0 aromatic carbocycles. The van der Waals surface area contributed by atoms with Crippen LogP contribution in [0, 0.1) is 11.8 Å². The van der Waals surface area contributed by atoms with Crippen molar-refractivity contribution in [2.75, 3.05) is 39.5 Å². The molecule has 2 aliphatic heterocycles. The second-order valence-corrected chi connectivity index (χ2v) is 13.1. The number of Topliss-reactive ketones (excluding diaryl/α,β-unsaturated/α-hetero) is 1. The maximum Gasteiger partial charge on any atom is 0.522 e. The Hall–Kier alpha value is -2.33. The minimum absolute atomic E-state index is 0.00993. The van der Waals surface area contributed by atoms with Gasteiger partial charge in [-0.15, -0.1) is 13.2 Å². The number of rotatable bonds is 14. The Kier molecular flexibility index (Phi) is 12.2. The normalized spacial score (nSPS) is 28.8. The molecule has 4 rings (SSSR count). The second-order valence-electron chi connectivity index (χ2n) is 13.1. The van der Waals surface area contributed by atoms with E-state index < -0.39 is 65.9 Å². The predicted molar refractivity (Wildman–Crippen MR) is 154 cm³/mol. The average molecular weight is 649 g/mol. The average Bonchev–Trinajstić information content (AvgIpc) is 3.52. The van der Waals surface area contributed by atoms with Gasteiger partial charge in [-0.25, -0.2) is 0 Å². The summed E-state index contributed by atoms with van der Waals surface area (Å²) < 4.78 is 53.0. The first-order valence-corrected chi connectivity index (χ1v) is 16.0. The molecule has 4 N–H and O–H groups in total. The van der Waals surface area contributed by atoms with Gasteiger partial charge in [-0.1, -0.05) is 25.7 Å². The van der Waals surface area contributed by atoms with E-state index >= 15 is 0 Å². The van der Waals surface area contributed by atoms with E-state index in [1.54, 1.807) is 6.92 Å². The number of epoxide rings is 1. The van der Waals surface area contributed by atoms with Gasteiger partial charge in [-0.05, 0) is 57.8 Å². The summed E-state index contributed by atoms with van der Waals surface area (Å²) in [6.07, 6.45) is -2.74. The largest absolute Gasteiger partial charge is 0.522 e. The number of halogens is 3. The Balaban J connectivity index is 1.44. The highest BCUT2D eigenvalue weighted by Gasteiger charge is 2.51. The van der Waals surface area contributed by atoms with Crippen LogP contribution in [0.4, 0.5) is 13.2 Å². The third kappa shape index (κ3) is 10.6. The second kappa shape index (κ2) is 15.5. The van der Waals surface area contributed by atoms with Gasteiger partial charge in [0.05, 0.1) is 44.6 Å². The van der Waals surface area contributed by atoms with E-state index in [2.05, 4.69) is 20.7 Å². The summed E-state index contributed by atoms with van der Waals surface area (Å²) in [4.78, 5) is 54.9. The molecule has 5 atom stereocenters. The Morgan fingerprint density at radius 2 is 1.60 bits per heavy atom. The first-order chi connectivity index (χ1) is 21.2. The summed E-state index contributed by atoms with van der Waals surface area (Å²) in [7, 11) is 0. The molecule has 2 saturated carbocycles. The van der Waals surface area contributed by atoms with E-state index in [1.807, 2.05) is 4.90 Å². The molecule has 45 heavy (non-hydrogen) atoms. The van der Waals surface area contributed by atoms with Crippen LogP contribution in [0.5, 0.6) is 0 Å². The van der Waals surface area contributed by atoms with E-state index in [9.17, 15) is 37.5 Å². The number of aliphatic hydroxyl groups excluding tert-OH is 1. The molecule has 15 heteroatoms. The lowest BCUT2D eigenvalue weighted by molar-refractivity contribution is -0.346. The molecule has 4 aliphatic rings. The molecule has 0 aromatic heterocycles. The van der Waals surface area contributed by atoms with Gasteiger partial charge in [-0.2, -0.15) is 0 Å². The highest BCUT2D eigenvalue weighted by atomic mass is 19.4. The molecule has 3 amide bonds. The maximum atomic E-state index is 13.8. The minimum atomic E-state index is -4.78. The number of aliphatic hydroxyl groups is 1. The molecule has 2 saturated heterocycles. The fourth-order valence-electron chi connectivity index (χ4n) is 6.60. The van der Waals surface area contributed by atoms with Gasteiger partial charge in [-0.3, -0.25) is 28.8 Å². The SMILES string of the molecule is C[C@H](NC(=O)CN1CCOCC1)C(=O)N[C@H](C(=O)N[C@@H](CC1CCCC1)C(=O)[C@@]1(C)CO1)[C@H](O)C1CCC(OC(F)(F)F)CC1. The number of nitrogens with zero attached hydrogens (tertiary/aromatic N) is 1. The Bertz CT molecular complexity index is 1040. The molecule has 0 bridgehead atoms. The summed E-state index contributed by atoms with van der Waals surface area (Å²) in [5.74, 6) is -2.58. The lowest BCUT2D eigenvalue weighted by Gasteiger charge is -2.36. The van der Waals surface area contributed by atoms with Crippen LogP contribution in [0.1, 0.15) is 71.6 Å². The highest BCUT2D eigenvalue weighted by Crippen LogP contribution is 2.35. The molecule has 2 heterocycles. The fraction of sp³-hybridized carbons (Fsp3) is 0.867. The molecule has 0 spiro atoms. The molecule has 0 unspecified atom stereocenters. The zero-order valence-electron chi connectivity index (χ0n) is 26.0. The van der Waals surface area contributed by atoms with Crippen LogP contribution in [0.25, 0.3) is 0 Å². The van der Waals surface area contributed by atoms with Crippen LogP contribution < -0.4 is 16.0 Å². The predicted octanol–water partition coefficient (Wildman–Crippen LogP) is 1.19. The molecule has 4 fully saturated rings. The van der Waals surface area contributed by atoms with Crippen LogP contribution >= 0.6 is 0 Å². The number of alkyl halides is 3. The standard InChI is InChI=1S/C30H47F3N4O8/c1-18(34-23(38)16-37-11-13-43-14-12-37)27(41)36-24(25(39)20-7-9-21(10-8-20)45-30(31,32)33)28(42)35-22(15-19-5-3-4-6-19)26(40)29(2)17-44-29/h18-22,24-25,39H,3-17H2,1-2H3,(H,34,38)(H,35,42)(H,36,41)/t18-,20?,21?,22-,24-,25+,29+/m0/s1. The van der Waals surface area contributed by atoms with Crippen LogP contribution in [0.15, 0.2) is 0 Å². The number of carbonyl (C=O) groups is 4. The Labute approximate surface area is 261 Å². The van der Waals surface area contributed by atoms with Crippen molar-refractivity contribution in [3.63, 3.8) is 0 Å². The zero-order chi connectivity index (χ0) is 32.8. The van der Waals surface area contributed by atoms with Crippen molar-refractivity contribution in [2.45, 2.75) is 114 Å². The third-order valence-corrected chi connectivity index (χ3v) is 9.44. The van der Waals surface area contributed by atoms with Gasteiger partial charge in [0.2, 0.25) is 17.7 Å². The van der Waals surface area contributed by atoms with E-state index in [0.29, 0.717) is 32.7 Å². The van der Waals surface area contributed by atoms with Crippen molar-refractivity contribution in [1.29, 1.82) is 0 Å². The monoisotopic (exact) mass is 648 g/mol. The number of nitrogens with one attached hydrogen (secondary N) is 3. The van der Waals surface area contributed by atoms with E-state index in [-0.39, 0.29) is 50.5 Å². The van der Waals surface area contributed by atoms with Crippen LogP contribution in [0.2, 0.25) is 0 Å². The first-order valence-electron chi connectivity index (χ1n) is 16.0. The molecular weight excluding hydrogens is 601 g/mol. The summed E-state index contributed by atoms with van der Waals surface area (Å²) in [5.41, 5.74) is -1.01. The molecule has 0 radical (unpaired) electrons. The number of hydrogen-bond acceptors (Lipinski definition) is 9. The lowest BCUT2D eigenvalue weighted by Crippen LogP contribution is -2.61. The quantitative estimate of drug-likeness (QED) is 0.203. The number of morpholine rings is 1. The summed E-state index contributed by atoms with van der Waals surface area (Å²) in [5, 5.41) is 19.3. The van der Waals surface area contributed by atoms with Gasteiger partial charge >= 0.3 is 6.36 Å². The molecule has 256 valence electrons.